The van der Waals surface area contributed by atoms with Crippen molar-refractivity contribution in [2.45, 2.75) is 33.1 Å². The van der Waals surface area contributed by atoms with E-state index in [2.05, 4.69) is 37.9 Å². The lowest BCUT2D eigenvalue weighted by Crippen LogP contribution is -2.10. The minimum Gasteiger partial charge on any atom is -0.493 e. The molecule has 0 saturated heterocycles. The third-order valence-electron chi connectivity index (χ3n) is 2.93. The van der Waals surface area contributed by atoms with Crippen LogP contribution in [0.4, 0.5) is 0 Å². The van der Waals surface area contributed by atoms with Crippen LogP contribution in [-0.4, -0.2) is 10.1 Å². The Morgan fingerprint density at radius 2 is 1.81 bits per heavy atom. The molecule has 1 N–H and O–H groups in total. The van der Waals surface area contributed by atoms with E-state index in [1.54, 1.807) is 6.20 Å². The predicted molar refractivity (Wildman–Crippen MR) is 66.8 cm³/mol. The number of benzene rings is 1. The number of aromatic hydroxyl groups is 1. The Morgan fingerprint density at radius 3 is 2.44 bits per heavy atom. The van der Waals surface area contributed by atoms with Crippen molar-refractivity contribution in [3.8, 4) is 5.88 Å². The maximum absolute atomic E-state index is 9.68. The van der Waals surface area contributed by atoms with Gasteiger partial charge in [0.15, 0.2) is 0 Å². The standard InChI is InChI=1S/C14H17NO/c1-9-8-15-13(16)11-6-5-10(7-12(9)11)14(2,3)4/h5-8H,1-4H3,(H,15,16). The minimum atomic E-state index is 0.112. The Kier molecular flexibility index (Phi) is 2.38. The van der Waals surface area contributed by atoms with Crippen LogP contribution in [0.1, 0.15) is 31.9 Å². The lowest BCUT2D eigenvalue weighted by atomic mass is 9.85. The van der Waals surface area contributed by atoms with Crippen LogP contribution in [0.15, 0.2) is 24.4 Å². The molecule has 0 bridgehead atoms. The Balaban J connectivity index is 2.76. The van der Waals surface area contributed by atoms with Crippen molar-refractivity contribution in [2.75, 3.05) is 0 Å². The summed E-state index contributed by atoms with van der Waals surface area (Å²) in [5.74, 6) is 0.112. The summed E-state index contributed by atoms with van der Waals surface area (Å²) in [5, 5.41) is 11.6. The van der Waals surface area contributed by atoms with Crippen LogP contribution in [0.25, 0.3) is 10.8 Å². The SMILES string of the molecule is Cc1cnc(O)c2ccc(C(C)(C)C)cc12. The van der Waals surface area contributed by atoms with Crippen LogP contribution in [0.3, 0.4) is 0 Å². The molecule has 2 heteroatoms. The first-order valence-corrected chi connectivity index (χ1v) is 5.48. The molecular weight excluding hydrogens is 198 g/mol. The first kappa shape index (κ1) is 10.9. The molecule has 0 fully saturated rings. The number of hydrogen-bond donors (Lipinski definition) is 1. The highest BCUT2D eigenvalue weighted by Gasteiger charge is 2.15. The molecule has 0 unspecified atom stereocenters. The molecule has 0 aliphatic heterocycles. The van der Waals surface area contributed by atoms with Gasteiger partial charge in [-0.2, -0.15) is 0 Å². The molecule has 2 aromatic rings. The summed E-state index contributed by atoms with van der Waals surface area (Å²) in [6, 6.07) is 6.15. The van der Waals surface area contributed by atoms with Crippen LogP contribution >= 0.6 is 0 Å². The van der Waals surface area contributed by atoms with E-state index in [1.165, 1.54) is 5.56 Å². The lowest BCUT2D eigenvalue weighted by Gasteiger charge is -2.19. The molecule has 0 aliphatic carbocycles. The van der Waals surface area contributed by atoms with Gasteiger partial charge < -0.3 is 5.11 Å². The number of rotatable bonds is 0. The zero-order valence-corrected chi connectivity index (χ0v) is 10.2. The molecule has 0 amide bonds. The van der Waals surface area contributed by atoms with E-state index < -0.39 is 0 Å². The summed E-state index contributed by atoms with van der Waals surface area (Å²) in [5.41, 5.74) is 2.49. The molecule has 0 saturated carbocycles. The van der Waals surface area contributed by atoms with Crippen LogP contribution in [-0.2, 0) is 5.41 Å². The van der Waals surface area contributed by atoms with E-state index in [4.69, 9.17) is 0 Å². The highest BCUT2D eigenvalue weighted by atomic mass is 16.3. The number of fused-ring (bicyclic) bond motifs is 1. The molecule has 0 spiro atoms. The zero-order valence-electron chi connectivity index (χ0n) is 10.2. The lowest BCUT2D eigenvalue weighted by molar-refractivity contribution is 0.460. The number of nitrogens with zero attached hydrogens (tertiary/aromatic N) is 1. The van der Waals surface area contributed by atoms with Gasteiger partial charge in [0.05, 0.1) is 0 Å². The fourth-order valence-corrected chi connectivity index (χ4v) is 1.83. The van der Waals surface area contributed by atoms with E-state index in [9.17, 15) is 5.11 Å². The Bertz CT molecular complexity index is 538. The summed E-state index contributed by atoms with van der Waals surface area (Å²) >= 11 is 0. The number of aromatic nitrogens is 1. The molecule has 0 aliphatic rings. The van der Waals surface area contributed by atoms with Gasteiger partial charge in [0.1, 0.15) is 0 Å². The third-order valence-corrected chi connectivity index (χ3v) is 2.93. The van der Waals surface area contributed by atoms with Gasteiger partial charge in [-0.15, -0.1) is 0 Å². The van der Waals surface area contributed by atoms with Crippen molar-refractivity contribution in [1.82, 2.24) is 4.98 Å². The van der Waals surface area contributed by atoms with Crippen molar-refractivity contribution in [3.05, 3.63) is 35.5 Å². The minimum absolute atomic E-state index is 0.112. The largest absolute Gasteiger partial charge is 0.493 e. The maximum Gasteiger partial charge on any atom is 0.218 e. The maximum atomic E-state index is 9.68. The molecule has 2 rings (SSSR count). The summed E-state index contributed by atoms with van der Waals surface area (Å²) in [6.07, 6.45) is 1.71. The highest BCUT2D eigenvalue weighted by molar-refractivity contribution is 5.89. The first-order valence-electron chi connectivity index (χ1n) is 5.48. The van der Waals surface area contributed by atoms with E-state index in [0.29, 0.717) is 0 Å². The molecule has 84 valence electrons. The van der Waals surface area contributed by atoms with Crippen molar-refractivity contribution in [3.63, 3.8) is 0 Å². The Labute approximate surface area is 96.0 Å². The summed E-state index contributed by atoms with van der Waals surface area (Å²) < 4.78 is 0. The van der Waals surface area contributed by atoms with Crippen LogP contribution in [0, 0.1) is 6.92 Å². The van der Waals surface area contributed by atoms with Gasteiger partial charge in [0.25, 0.3) is 0 Å². The zero-order chi connectivity index (χ0) is 11.9. The van der Waals surface area contributed by atoms with Gasteiger partial charge >= 0.3 is 0 Å². The van der Waals surface area contributed by atoms with Gasteiger partial charge in [-0.1, -0.05) is 32.9 Å². The molecule has 2 nitrogen and oxygen atoms in total. The predicted octanol–water partition coefficient (Wildman–Crippen LogP) is 3.55. The van der Waals surface area contributed by atoms with Gasteiger partial charge in [-0.05, 0) is 34.9 Å². The second-order valence-corrected chi connectivity index (χ2v) is 5.28. The van der Waals surface area contributed by atoms with Crippen LogP contribution < -0.4 is 0 Å². The first-order chi connectivity index (χ1) is 7.39. The highest BCUT2D eigenvalue weighted by Crippen LogP contribution is 2.30. The quantitative estimate of drug-likeness (QED) is 0.729. The van der Waals surface area contributed by atoms with Gasteiger partial charge in [0, 0.05) is 11.6 Å². The molecule has 16 heavy (non-hydrogen) atoms. The average molecular weight is 215 g/mol. The topological polar surface area (TPSA) is 33.1 Å². The third kappa shape index (κ3) is 1.75. The monoisotopic (exact) mass is 215 g/mol. The normalized spacial score (nSPS) is 12.0. The number of aryl methyl sites for hydroxylation is 1. The van der Waals surface area contributed by atoms with Crippen molar-refractivity contribution in [1.29, 1.82) is 0 Å². The number of hydrogen-bond acceptors (Lipinski definition) is 2. The second-order valence-electron chi connectivity index (χ2n) is 5.28. The molecule has 0 radical (unpaired) electrons. The molecule has 1 heterocycles. The fourth-order valence-electron chi connectivity index (χ4n) is 1.83. The molecular formula is C14H17NO. The van der Waals surface area contributed by atoms with Crippen LogP contribution in [0.5, 0.6) is 5.88 Å². The van der Waals surface area contributed by atoms with E-state index in [0.717, 1.165) is 16.3 Å². The van der Waals surface area contributed by atoms with Crippen LogP contribution in [0.2, 0.25) is 0 Å². The molecule has 0 atom stereocenters. The second kappa shape index (κ2) is 3.48. The molecule has 1 aromatic heterocycles. The van der Waals surface area contributed by atoms with E-state index in [-0.39, 0.29) is 11.3 Å². The number of pyridine rings is 1. The van der Waals surface area contributed by atoms with Gasteiger partial charge in [-0.3, -0.25) is 0 Å². The Morgan fingerprint density at radius 1 is 1.12 bits per heavy atom. The Hall–Kier alpha value is -1.57. The smallest absolute Gasteiger partial charge is 0.218 e. The fraction of sp³-hybridized carbons (Fsp3) is 0.357. The summed E-state index contributed by atoms with van der Waals surface area (Å²) in [6.45, 7) is 8.57. The molecule has 1 aromatic carbocycles. The summed E-state index contributed by atoms with van der Waals surface area (Å²) in [7, 11) is 0. The van der Waals surface area contributed by atoms with Crippen molar-refractivity contribution < 1.29 is 5.11 Å². The average Bonchev–Trinajstić information content (AvgIpc) is 2.22. The van der Waals surface area contributed by atoms with E-state index in [1.807, 2.05) is 13.0 Å². The van der Waals surface area contributed by atoms with Gasteiger partial charge in [0.2, 0.25) is 5.88 Å². The van der Waals surface area contributed by atoms with Crippen molar-refractivity contribution >= 4 is 10.8 Å². The van der Waals surface area contributed by atoms with Crippen molar-refractivity contribution in [2.24, 2.45) is 0 Å². The van der Waals surface area contributed by atoms with Gasteiger partial charge in [-0.25, -0.2) is 4.98 Å². The van der Waals surface area contributed by atoms with E-state index >= 15 is 0 Å². The summed E-state index contributed by atoms with van der Waals surface area (Å²) in [4.78, 5) is 3.95.